The van der Waals surface area contributed by atoms with Gasteiger partial charge in [-0.3, -0.25) is 4.79 Å². The number of benzene rings is 1. The Kier molecular flexibility index (Phi) is 3.25. The first-order valence-electron chi connectivity index (χ1n) is 5.39. The van der Waals surface area contributed by atoms with Gasteiger partial charge in [0, 0.05) is 19.0 Å². The van der Waals surface area contributed by atoms with Gasteiger partial charge in [0.1, 0.15) is 5.75 Å². The van der Waals surface area contributed by atoms with Gasteiger partial charge in [0.05, 0.1) is 6.61 Å². The van der Waals surface area contributed by atoms with Crippen LogP contribution in [0.25, 0.3) is 0 Å². The molecule has 1 heterocycles. The molecule has 0 atom stereocenters. The molecule has 2 rings (SSSR count). The Morgan fingerprint density at radius 2 is 2.12 bits per heavy atom. The molecule has 0 saturated carbocycles. The van der Waals surface area contributed by atoms with Crippen LogP contribution in [0.5, 0.6) is 5.75 Å². The lowest BCUT2D eigenvalue weighted by Gasteiger charge is -2.38. The average molecular weight is 217 g/mol. The number of hydrogen-bond donors (Lipinski definition) is 0. The Morgan fingerprint density at radius 3 is 2.75 bits per heavy atom. The average Bonchev–Trinajstić information content (AvgIpc) is 2.28. The molecule has 0 aliphatic carbocycles. The largest absolute Gasteiger partial charge is 0.493 e. The summed E-state index contributed by atoms with van der Waals surface area (Å²) in [7, 11) is 0. The van der Waals surface area contributed by atoms with E-state index in [2.05, 4.69) is 6.58 Å². The molecule has 0 spiro atoms. The van der Waals surface area contributed by atoms with E-state index < -0.39 is 0 Å². The molecular weight excluding hydrogens is 202 g/mol. The molecule has 16 heavy (non-hydrogen) atoms. The van der Waals surface area contributed by atoms with E-state index in [0.29, 0.717) is 12.5 Å². The molecule has 3 heteroatoms. The fraction of sp³-hybridized carbons (Fsp3) is 0.308. The second-order valence-corrected chi connectivity index (χ2v) is 3.94. The highest BCUT2D eigenvalue weighted by Gasteiger charge is 2.29. The predicted molar refractivity (Wildman–Crippen MR) is 62.2 cm³/mol. The van der Waals surface area contributed by atoms with Crippen molar-refractivity contribution < 1.29 is 9.53 Å². The van der Waals surface area contributed by atoms with Gasteiger partial charge in [-0.1, -0.05) is 24.8 Å². The number of ether oxygens (including phenoxy) is 1. The molecule has 1 aliphatic rings. The normalized spacial score (nSPS) is 15.4. The summed E-state index contributed by atoms with van der Waals surface area (Å²) in [6.45, 7) is 5.68. The fourth-order valence-corrected chi connectivity index (χ4v) is 1.72. The first-order chi connectivity index (χ1) is 7.79. The van der Waals surface area contributed by atoms with Crippen LogP contribution in [-0.2, 0) is 4.79 Å². The van der Waals surface area contributed by atoms with Gasteiger partial charge in [0.2, 0.25) is 5.91 Å². The van der Waals surface area contributed by atoms with Crippen LogP contribution in [-0.4, -0.2) is 30.5 Å². The number of nitrogens with zero attached hydrogens (tertiary/aromatic N) is 1. The van der Waals surface area contributed by atoms with Gasteiger partial charge in [0.15, 0.2) is 0 Å². The highest BCUT2D eigenvalue weighted by atomic mass is 16.5. The smallest absolute Gasteiger partial charge is 0.245 e. The molecule has 0 N–H and O–H groups in total. The van der Waals surface area contributed by atoms with E-state index in [1.807, 2.05) is 30.3 Å². The molecule has 1 saturated heterocycles. The highest BCUT2D eigenvalue weighted by molar-refractivity contribution is 5.87. The Bertz CT molecular complexity index is 369. The lowest BCUT2D eigenvalue weighted by atomic mass is 10.0. The third kappa shape index (κ3) is 2.42. The van der Waals surface area contributed by atoms with Gasteiger partial charge in [-0.25, -0.2) is 0 Å². The molecule has 84 valence electrons. The maximum Gasteiger partial charge on any atom is 0.245 e. The summed E-state index contributed by atoms with van der Waals surface area (Å²) in [6.07, 6.45) is 1.36. The Hall–Kier alpha value is -1.77. The van der Waals surface area contributed by atoms with Crippen molar-refractivity contribution in [1.29, 1.82) is 0 Å². The van der Waals surface area contributed by atoms with Gasteiger partial charge in [-0.15, -0.1) is 0 Å². The zero-order valence-corrected chi connectivity index (χ0v) is 9.13. The number of carbonyl (C=O) groups is 1. The molecule has 0 aromatic heterocycles. The molecule has 1 fully saturated rings. The van der Waals surface area contributed by atoms with Crippen molar-refractivity contribution in [2.45, 2.75) is 0 Å². The third-order valence-electron chi connectivity index (χ3n) is 2.67. The summed E-state index contributed by atoms with van der Waals surface area (Å²) >= 11 is 0. The van der Waals surface area contributed by atoms with E-state index in [1.165, 1.54) is 6.08 Å². The maximum atomic E-state index is 11.2. The van der Waals surface area contributed by atoms with Crippen LogP contribution in [0.1, 0.15) is 0 Å². The third-order valence-corrected chi connectivity index (χ3v) is 2.67. The zero-order chi connectivity index (χ0) is 11.4. The quantitative estimate of drug-likeness (QED) is 0.718. The van der Waals surface area contributed by atoms with Crippen LogP contribution >= 0.6 is 0 Å². The van der Waals surface area contributed by atoms with Crippen LogP contribution in [0.2, 0.25) is 0 Å². The number of amides is 1. The van der Waals surface area contributed by atoms with Crippen LogP contribution in [0, 0.1) is 5.92 Å². The molecule has 0 radical (unpaired) electrons. The summed E-state index contributed by atoms with van der Waals surface area (Å²) < 4.78 is 5.61. The van der Waals surface area contributed by atoms with Gasteiger partial charge in [0.25, 0.3) is 0 Å². The van der Waals surface area contributed by atoms with Crippen LogP contribution in [0.15, 0.2) is 43.0 Å². The monoisotopic (exact) mass is 217 g/mol. The van der Waals surface area contributed by atoms with Gasteiger partial charge >= 0.3 is 0 Å². The Morgan fingerprint density at radius 1 is 1.44 bits per heavy atom. The first kappa shape index (κ1) is 10.7. The standard InChI is InChI=1S/C13H15NO2/c1-2-13(15)14-8-11(9-14)10-16-12-6-4-3-5-7-12/h2-7,11H,1,8-10H2. The Labute approximate surface area is 95.3 Å². The molecule has 3 nitrogen and oxygen atoms in total. The molecule has 1 aromatic carbocycles. The van der Waals surface area contributed by atoms with Crippen molar-refractivity contribution in [2.24, 2.45) is 5.92 Å². The van der Waals surface area contributed by atoms with Crippen molar-refractivity contribution in [1.82, 2.24) is 4.90 Å². The molecule has 1 amide bonds. The van der Waals surface area contributed by atoms with E-state index in [9.17, 15) is 4.79 Å². The van der Waals surface area contributed by atoms with Gasteiger partial charge in [-0.2, -0.15) is 0 Å². The number of para-hydroxylation sites is 1. The second-order valence-electron chi connectivity index (χ2n) is 3.94. The lowest BCUT2D eigenvalue weighted by molar-refractivity contribution is -0.132. The van der Waals surface area contributed by atoms with Crippen molar-refractivity contribution in [2.75, 3.05) is 19.7 Å². The van der Waals surface area contributed by atoms with Crippen molar-refractivity contribution in [3.63, 3.8) is 0 Å². The summed E-state index contributed by atoms with van der Waals surface area (Å²) in [5.41, 5.74) is 0. The lowest BCUT2D eigenvalue weighted by Crippen LogP contribution is -2.51. The topological polar surface area (TPSA) is 29.5 Å². The van der Waals surface area contributed by atoms with Crippen molar-refractivity contribution >= 4 is 5.91 Å². The number of likely N-dealkylation sites (tertiary alicyclic amines) is 1. The van der Waals surface area contributed by atoms with Crippen LogP contribution < -0.4 is 4.74 Å². The summed E-state index contributed by atoms with van der Waals surface area (Å²) in [4.78, 5) is 13.0. The summed E-state index contributed by atoms with van der Waals surface area (Å²) in [5, 5.41) is 0. The molecule has 0 bridgehead atoms. The van der Waals surface area contributed by atoms with E-state index in [0.717, 1.165) is 18.8 Å². The minimum absolute atomic E-state index is 0.0101. The number of hydrogen-bond acceptors (Lipinski definition) is 2. The zero-order valence-electron chi connectivity index (χ0n) is 9.13. The second kappa shape index (κ2) is 4.84. The number of rotatable bonds is 4. The van der Waals surface area contributed by atoms with E-state index in [-0.39, 0.29) is 5.91 Å². The predicted octanol–water partition coefficient (Wildman–Crippen LogP) is 1.71. The Balaban J connectivity index is 1.71. The van der Waals surface area contributed by atoms with Crippen molar-refractivity contribution in [3.05, 3.63) is 43.0 Å². The molecule has 0 unspecified atom stereocenters. The van der Waals surface area contributed by atoms with Crippen LogP contribution in [0.4, 0.5) is 0 Å². The molecule has 1 aliphatic heterocycles. The fourth-order valence-electron chi connectivity index (χ4n) is 1.72. The molecular formula is C13H15NO2. The van der Waals surface area contributed by atoms with Crippen molar-refractivity contribution in [3.8, 4) is 5.75 Å². The summed E-state index contributed by atoms with van der Waals surface area (Å²) in [5.74, 6) is 1.34. The maximum absolute atomic E-state index is 11.2. The van der Waals surface area contributed by atoms with E-state index >= 15 is 0 Å². The highest BCUT2D eigenvalue weighted by Crippen LogP contribution is 2.18. The van der Waals surface area contributed by atoms with Gasteiger partial charge < -0.3 is 9.64 Å². The van der Waals surface area contributed by atoms with E-state index in [4.69, 9.17) is 4.74 Å². The minimum atomic E-state index is 0.0101. The minimum Gasteiger partial charge on any atom is -0.493 e. The summed E-state index contributed by atoms with van der Waals surface area (Å²) in [6, 6.07) is 9.73. The van der Waals surface area contributed by atoms with Gasteiger partial charge in [-0.05, 0) is 18.2 Å². The molecule has 1 aromatic rings. The first-order valence-corrected chi connectivity index (χ1v) is 5.39. The number of carbonyl (C=O) groups excluding carboxylic acids is 1. The van der Waals surface area contributed by atoms with E-state index in [1.54, 1.807) is 4.90 Å². The van der Waals surface area contributed by atoms with Crippen LogP contribution in [0.3, 0.4) is 0 Å². The SMILES string of the molecule is C=CC(=O)N1CC(COc2ccccc2)C1.